The number of amides is 1. The minimum Gasteiger partial charge on any atom is -0.351 e. The molecule has 0 unspecified atom stereocenters. The van der Waals surface area contributed by atoms with E-state index in [0.29, 0.717) is 12.1 Å². The summed E-state index contributed by atoms with van der Waals surface area (Å²) in [6.07, 6.45) is 2.02. The van der Waals surface area contributed by atoms with E-state index in [1.54, 1.807) is 23.9 Å². The Morgan fingerprint density at radius 1 is 1.33 bits per heavy atom. The molecule has 0 atom stereocenters. The van der Waals surface area contributed by atoms with E-state index < -0.39 is 0 Å². The van der Waals surface area contributed by atoms with Crippen LogP contribution in [0.15, 0.2) is 27.1 Å². The molecule has 1 aromatic carbocycles. The maximum atomic E-state index is 11.7. The van der Waals surface area contributed by atoms with Crippen molar-refractivity contribution in [3.63, 3.8) is 0 Å². The molecule has 0 aromatic heterocycles. The standard InChI is InChI=1S/C10H11Br2NOS/c1-15-3-2-13-10(14)7-4-8(11)6-9(12)5-7/h4-6H,2-3H2,1H3,(H,13,14). The first-order valence-corrected chi connectivity index (χ1v) is 7.34. The number of thioether (sulfide) groups is 1. The average Bonchev–Trinajstić information content (AvgIpc) is 2.16. The van der Waals surface area contributed by atoms with Crippen LogP contribution in [0.25, 0.3) is 0 Å². The molecular formula is C10H11Br2NOS. The van der Waals surface area contributed by atoms with Crippen molar-refractivity contribution in [2.45, 2.75) is 0 Å². The lowest BCUT2D eigenvalue weighted by atomic mass is 10.2. The van der Waals surface area contributed by atoms with E-state index in [-0.39, 0.29) is 5.91 Å². The lowest BCUT2D eigenvalue weighted by Crippen LogP contribution is -2.25. The number of carbonyl (C=O) groups excluding carboxylic acids is 1. The molecule has 0 aliphatic rings. The highest BCUT2D eigenvalue weighted by atomic mass is 79.9. The monoisotopic (exact) mass is 351 g/mol. The van der Waals surface area contributed by atoms with Gasteiger partial charge in [-0.15, -0.1) is 0 Å². The smallest absolute Gasteiger partial charge is 0.251 e. The zero-order valence-electron chi connectivity index (χ0n) is 8.22. The second-order valence-corrected chi connectivity index (χ2v) is 5.72. The third-order valence-corrected chi connectivity index (χ3v) is 3.24. The Hall–Kier alpha value is -0.000000000000000111. The first-order valence-electron chi connectivity index (χ1n) is 4.36. The molecule has 0 saturated heterocycles. The second kappa shape index (κ2) is 6.55. The highest BCUT2D eigenvalue weighted by Gasteiger charge is 2.06. The van der Waals surface area contributed by atoms with E-state index in [2.05, 4.69) is 37.2 Å². The minimum atomic E-state index is -0.0361. The molecule has 1 N–H and O–H groups in total. The summed E-state index contributed by atoms with van der Waals surface area (Å²) < 4.78 is 1.79. The zero-order valence-corrected chi connectivity index (χ0v) is 12.2. The molecular weight excluding hydrogens is 342 g/mol. The maximum Gasteiger partial charge on any atom is 0.251 e. The van der Waals surface area contributed by atoms with Crippen LogP contribution in [0.1, 0.15) is 10.4 Å². The van der Waals surface area contributed by atoms with Crippen LogP contribution >= 0.6 is 43.6 Å². The van der Waals surface area contributed by atoms with Gasteiger partial charge in [-0.3, -0.25) is 4.79 Å². The maximum absolute atomic E-state index is 11.7. The number of nitrogens with one attached hydrogen (secondary N) is 1. The van der Waals surface area contributed by atoms with E-state index in [1.165, 1.54) is 0 Å². The minimum absolute atomic E-state index is 0.0361. The van der Waals surface area contributed by atoms with Gasteiger partial charge in [-0.2, -0.15) is 11.8 Å². The van der Waals surface area contributed by atoms with Crippen LogP contribution in [-0.4, -0.2) is 24.5 Å². The summed E-state index contributed by atoms with van der Waals surface area (Å²) >= 11 is 8.41. The van der Waals surface area contributed by atoms with Crippen molar-refractivity contribution in [1.82, 2.24) is 5.32 Å². The summed E-state index contributed by atoms with van der Waals surface area (Å²) in [6, 6.07) is 5.51. The number of benzene rings is 1. The molecule has 0 heterocycles. The quantitative estimate of drug-likeness (QED) is 0.842. The van der Waals surface area contributed by atoms with Crippen molar-refractivity contribution in [3.8, 4) is 0 Å². The Labute approximate surface area is 110 Å². The summed E-state index contributed by atoms with van der Waals surface area (Å²) in [4.78, 5) is 11.7. The lowest BCUT2D eigenvalue weighted by Gasteiger charge is -2.05. The summed E-state index contributed by atoms with van der Waals surface area (Å²) in [7, 11) is 0. The molecule has 0 saturated carbocycles. The van der Waals surface area contributed by atoms with Gasteiger partial charge in [0.1, 0.15) is 0 Å². The summed E-state index contributed by atoms with van der Waals surface area (Å²) in [5, 5.41) is 2.85. The Morgan fingerprint density at radius 3 is 2.47 bits per heavy atom. The van der Waals surface area contributed by atoms with Gasteiger partial charge in [-0.1, -0.05) is 31.9 Å². The Morgan fingerprint density at radius 2 is 1.93 bits per heavy atom. The fourth-order valence-corrected chi connectivity index (χ4v) is 2.65. The van der Waals surface area contributed by atoms with Crippen LogP contribution < -0.4 is 5.32 Å². The van der Waals surface area contributed by atoms with Gasteiger partial charge in [-0.25, -0.2) is 0 Å². The number of halogens is 2. The Balaban J connectivity index is 2.65. The summed E-state index contributed by atoms with van der Waals surface area (Å²) in [6.45, 7) is 0.699. The molecule has 5 heteroatoms. The molecule has 0 spiro atoms. The van der Waals surface area contributed by atoms with Gasteiger partial charge in [0.2, 0.25) is 0 Å². The van der Waals surface area contributed by atoms with E-state index in [9.17, 15) is 4.79 Å². The van der Waals surface area contributed by atoms with E-state index >= 15 is 0 Å². The average molecular weight is 353 g/mol. The fraction of sp³-hybridized carbons (Fsp3) is 0.300. The van der Waals surface area contributed by atoms with Crippen molar-refractivity contribution in [1.29, 1.82) is 0 Å². The Bertz CT molecular complexity index is 337. The van der Waals surface area contributed by atoms with Gasteiger partial charge in [0.05, 0.1) is 0 Å². The summed E-state index contributed by atoms with van der Waals surface area (Å²) in [5.74, 6) is 0.895. The molecule has 0 bridgehead atoms. The fourth-order valence-electron chi connectivity index (χ4n) is 1.05. The van der Waals surface area contributed by atoms with E-state index in [1.807, 2.05) is 12.3 Å². The molecule has 1 aromatic rings. The predicted octanol–water partition coefficient (Wildman–Crippen LogP) is 3.30. The van der Waals surface area contributed by atoms with Crippen LogP contribution in [0.5, 0.6) is 0 Å². The molecule has 0 fully saturated rings. The Kier molecular flexibility index (Phi) is 5.71. The normalized spacial score (nSPS) is 10.1. The molecule has 0 aliphatic carbocycles. The number of hydrogen-bond acceptors (Lipinski definition) is 2. The topological polar surface area (TPSA) is 29.1 Å². The molecule has 15 heavy (non-hydrogen) atoms. The van der Waals surface area contributed by atoms with Crippen molar-refractivity contribution in [3.05, 3.63) is 32.7 Å². The largest absolute Gasteiger partial charge is 0.351 e. The SMILES string of the molecule is CSCCNC(=O)c1cc(Br)cc(Br)c1. The van der Waals surface area contributed by atoms with Gasteiger partial charge in [0.15, 0.2) is 0 Å². The number of rotatable bonds is 4. The molecule has 2 nitrogen and oxygen atoms in total. The summed E-state index contributed by atoms with van der Waals surface area (Å²) in [5.41, 5.74) is 0.664. The first-order chi connectivity index (χ1) is 7.13. The van der Waals surface area contributed by atoms with Crippen LogP contribution in [0.2, 0.25) is 0 Å². The number of carbonyl (C=O) groups is 1. The third-order valence-electron chi connectivity index (χ3n) is 1.72. The van der Waals surface area contributed by atoms with Crippen molar-refractivity contribution < 1.29 is 4.79 Å². The second-order valence-electron chi connectivity index (χ2n) is 2.91. The van der Waals surface area contributed by atoms with Crippen LogP contribution in [-0.2, 0) is 0 Å². The van der Waals surface area contributed by atoms with Crippen molar-refractivity contribution in [2.75, 3.05) is 18.6 Å². The van der Waals surface area contributed by atoms with Gasteiger partial charge in [-0.05, 0) is 24.5 Å². The van der Waals surface area contributed by atoms with E-state index in [0.717, 1.165) is 14.7 Å². The molecule has 0 radical (unpaired) electrons. The first kappa shape index (κ1) is 13.1. The molecule has 0 aliphatic heterocycles. The molecule has 1 amide bonds. The van der Waals surface area contributed by atoms with Gasteiger partial charge >= 0.3 is 0 Å². The van der Waals surface area contributed by atoms with Crippen LogP contribution in [0.3, 0.4) is 0 Å². The van der Waals surface area contributed by atoms with Crippen molar-refractivity contribution in [2.24, 2.45) is 0 Å². The van der Waals surface area contributed by atoms with E-state index in [4.69, 9.17) is 0 Å². The van der Waals surface area contributed by atoms with Crippen LogP contribution in [0, 0.1) is 0 Å². The highest BCUT2D eigenvalue weighted by molar-refractivity contribution is 9.11. The third kappa shape index (κ3) is 4.57. The molecule has 82 valence electrons. The lowest BCUT2D eigenvalue weighted by molar-refractivity contribution is 0.0956. The van der Waals surface area contributed by atoms with Gasteiger partial charge in [0, 0.05) is 26.8 Å². The van der Waals surface area contributed by atoms with Gasteiger partial charge in [0.25, 0.3) is 5.91 Å². The van der Waals surface area contributed by atoms with Gasteiger partial charge < -0.3 is 5.32 Å². The zero-order chi connectivity index (χ0) is 11.3. The number of hydrogen-bond donors (Lipinski definition) is 1. The highest BCUT2D eigenvalue weighted by Crippen LogP contribution is 2.19. The van der Waals surface area contributed by atoms with Crippen LogP contribution in [0.4, 0.5) is 0 Å². The molecule has 1 rings (SSSR count). The van der Waals surface area contributed by atoms with Crippen molar-refractivity contribution >= 4 is 49.5 Å². The predicted molar refractivity (Wildman–Crippen MR) is 72.6 cm³/mol.